The van der Waals surface area contributed by atoms with E-state index in [0.717, 1.165) is 53.8 Å². The van der Waals surface area contributed by atoms with Crippen LogP contribution in [0, 0.1) is 13.8 Å². The van der Waals surface area contributed by atoms with Crippen molar-refractivity contribution in [2.24, 2.45) is 0 Å². The second-order valence-electron chi connectivity index (χ2n) is 8.27. The number of nitrogens with zero attached hydrogens (tertiary/aromatic N) is 5. The summed E-state index contributed by atoms with van der Waals surface area (Å²) in [5, 5.41) is 0. The van der Waals surface area contributed by atoms with Gasteiger partial charge in [0.25, 0.3) is 0 Å². The van der Waals surface area contributed by atoms with Crippen molar-refractivity contribution in [1.29, 1.82) is 0 Å². The van der Waals surface area contributed by atoms with Gasteiger partial charge in [-0.3, -0.25) is 14.9 Å². The molecule has 0 unspecified atom stereocenters. The van der Waals surface area contributed by atoms with Crippen molar-refractivity contribution in [2.45, 2.75) is 39.6 Å². The van der Waals surface area contributed by atoms with Crippen molar-refractivity contribution in [2.75, 3.05) is 13.2 Å². The number of para-hydroxylation sites is 2. The zero-order chi connectivity index (χ0) is 21.2. The lowest BCUT2D eigenvalue weighted by Gasteiger charge is -2.31. The molecule has 1 aliphatic rings. The van der Waals surface area contributed by atoms with Crippen molar-refractivity contribution >= 4 is 11.0 Å². The van der Waals surface area contributed by atoms with Crippen molar-refractivity contribution in [1.82, 2.24) is 24.4 Å². The van der Waals surface area contributed by atoms with Crippen LogP contribution in [0.15, 0.2) is 60.7 Å². The summed E-state index contributed by atoms with van der Waals surface area (Å²) in [4.78, 5) is 16.7. The summed E-state index contributed by atoms with van der Waals surface area (Å²) in [6.07, 6.45) is 0. The van der Waals surface area contributed by atoms with Gasteiger partial charge in [-0.1, -0.05) is 24.3 Å². The molecule has 31 heavy (non-hydrogen) atoms. The summed E-state index contributed by atoms with van der Waals surface area (Å²) in [7, 11) is 0. The predicted molar refractivity (Wildman–Crippen MR) is 120 cm³/mol. The molecule has 4 heterocycles. The average Bonchev–Trinajstić information content (AvgIpc) is 3.13. The van der Waals surface area contributed by atoms with E-state index in [1.54, 1.807) is 0 Å². The molecule has 1 atom stereocenters. The number of imidazole rings is 1. The van der Waals surface area contributed by atoms with Gasteiger partial charge in [-0.2, -0.15) is 0 Å². The molecule has 0 spiro atoms. The molecule has 0 saturated heterocycles. The lowest BCUT2D eigenvalue weighted by atomic mass is 10.2. The third-order valence-electron chi connectivity index (χ3n) is 5.71. The van der Waals surface area contributed by atoms with Crippen LogP contribution in [0.5, 0.6) is 0 Å². The maximum absolute atomic E-state index is 5.94. The van der Waals surface area contributed by atoms with Crippen molar-refractivity contribution in [3.63, 3.8) is 0 Å². The van der Waals surface area contributed by atoms with Gasteiger partial charge in [0.15, 0.2) is 0 Å². The van der Waals surface area contributed by atoms with Gasteiger partial charge in [0.05, 0.1) is 35.1 Å². The average molecular weight is 414 g/mol. The summed E-state index contributed by atoms with van der Waals surface area (Å²) in [5.41, 5.74) is 6.42. The molecule has 0 bridgehead atoms. The van der Waals surface area contributed by atoms with Gasteiger partial charge in [0, 0.05) is 31.0 Å². The molecule has 0 radical (unpaired) electrons. The molecule has 0 amide bonds. The van der Waals surface area contributed by atoms with Crippen LogP contribution in [0.1, 0.15) is 34.6 Å². The molecule has 4 aromatic rings. The molecule has 0 saturated carbocycles. The van der Waals surface area contributed by atoms with E-state index in [0.29, 0.717) is 13.2 Å². The highest BCUT2D eigenvalue weighted by atomic mass is 16.5. The fourth-order valence-corrected chi connectivity index (χ4v) is 4.42. The molecule has 6 heteroatoms. The Hall–Kier alpha value is -3.09. The van der Waals surface area contributed by atoms with Crippen LogP contribution in [-0.2, 0) is 24.4 Å². The van der Waals surface area contributed by atoms with E-state index in [4.69, 9.17) is 19.7 Å². The van der Waals surface area contributed by atoms with Crippen LogP contribution in [0.2, 0.25) is 0 Å². The summed E-state index contributed by atoms with van der Waals surface area (Å²) in [5.74, 6) is 1.000. The molecule has 6 nitrogen and oxygen atoms in total. The first-order chi connectivity index (χ1) is 15.2. The normalized spacial score (nSPS) is 16.0. The Balaban J connectivity index is 1.46. The van der Waals surface area contributed by atoms with Crippen LogP contribution < -0.4 is 0 Å². The second kappa shape index (κ2) is 8.57. The first-order valence-electron chi connectivity index (χ1n) is 10.8. The quantitative estimate of drug-likeness (QED) is 0.474. The summed E-state index contributed by atoms with van der Waals surface area (Å²) < 4.78 is 8.30. The van der Waals surface area contributed by atoms with E-state index < -0.39 is 0 Å². The fraction of sp³-hybridized carbons (Fsp3) is 0.320. The molecule has 1 aromatic carbocycles. The lowest BCUT2D eigenvalue weighted by molar-refractivity contribution is 0.0399. The van der Waals surface area contributed by atoms with E-state index in [2.05, 4.69) is 51.9 Å². The van der Waals surface area contributed by atoms with Gasteiger partial charge in [0.2, 0.25) is 0 Å². The standard InChI is InChI=1S/C25H27N5O/c1-18-7-5-9-20(26-18)13-29(14-21-10-6-8-19(2)27-21)15-22-16-31-17-25-28-23-11-3-4-12-24(23)30(22)25/h3-12,22H,13-17H2,1-2H3/t22-/m0/s1. The molecular weight excluding hydrogens is 386 g/mol. The number of hydrogen-bond donors (Lipinski definition) is 0. The Bertz CT molecular complexity index is 1150. The molecule has 5 rings (SSSR count). The van der Waals surface area contributed by atoms with E-state index in [9.17, 15) is 0 Å². The molecule has 0 aliphatic carbocycles. The Morgan fingerprint density at radius 3 is 2.23 bits per heavy atom. The van der Waals surface area contributed by atoms with Crippen LogP contribution in [0.25, 0.3) is 11.0 Å². The van der Waals surface area contributed by atoms with Crippen LogP contribution >= 0.6 is 0 Å². The molecular formula is C25H27N5O. The highest BCUT2D eigenvalue weighted by Gasteiger charge is 2.26. The SMILES string of the molecule is Cc1cccc(CN(Cc2cccc(C)n2)C[C@H]2COCc3nc4ccccc4n32)n1. The minimum Gasteiger partial charge on any atom is -0.371 e. The summed E-state index contributed by atoms with van der Waals surface area (Å²) in [6.45, 7) is 7.66. The smallest absolute Gasteiger partial charge is 0.136 e. The molecule has 0 fully saturated rings. The number of benzene rings is 1. The Morgan fingerprint density at radius 2 is 1.55 bits per heavy atom. The number of rotatable bonds is 6. The number of aryl methyl sites for hydroxylation is 2. The van der Waals surface area contributed by atoms with Crippen LogP contribution in [0.4, 0.5) is 0 Å². The minimum atomic E-state index is 0.186. The third-order valence-corrected chi connectivity index (χ3v) is 5.71. The minimum absolute atomic E-state index is 0.186. The first kappa shape index (κ1) is 19.8. The lowest BCUT2D eigenvalue weighted by Crippen LogP contribution is -2.35. The van der Waals surface area contributed by atoms with Gasteiger partial charge >= 0.3 is 0 Å². The predicted octanol–water partition coefficient (Wildman–Crippen LogP) is 4.22. The van der Waals surface area contributed by atoms with Crippen molar-refractivity contribution in [3.05, 3.63) is 89.3 Å². The van der Waals surface area contributed by atoms with Gasteiger partial charge in [-0.15, -0.1) is 0 Å². The summed E-state index contributed by atoms with van der Waals surface area (Å²) in [6, 6.07) is 20.9. The number of hydrogen-bond acceptors (Lipinski definition) is 5. The Labute approximate surface area is 182 Å². The van der Waals surface area contributed by atoms with E-state index >= 15 is 0 Å². The number of pyridine rings is 2. The van der Waals surface area contributed by atoms with E-state index in [1.165, 1.54) is 5.52 Å². The van der Waals surface area contributed by atoms with Gasteiger partial charge in [0.1, 0.15) is 12.4 Å². The molecule has 0 N–H and O–H groups in total. The molecule has 158 valence electrons. The molecule has 1 aliphatic heterocycles. The monoisotopic (exact) mass is 413 g/mol. The number of ether oxygens (including phenoxy) is 1. The zero-order valence-electron chi connectivity index (χ0n) is 18.0. The Kier molecular flexibility index (Phi) is 5.49. The van der Waals surface area contributed by atoms with Crippen LogP contribution in [0.3, 0.4) is 0 Å². The third kappa shape index (κ3) is 4.36. The maximum Gasteiger partial charge on any atom is 0.136 e. The Morgan fingerprint density at radius 1 is 0.871 bits per heavy atom. The second-order valence-corrected chi connectivity index (χ2v) is 8.27. The molecule has 3 aromatic heterocycles. The van der Waals surface area contributed by atoms with Crippen molar-refractivity contribution < 1.29 is 4.74 Å². The maximum atomic E-state index is 5.94. The van der Waals surface area contributed by atoms with E-state index in [-0.39, 0.29) is 6.04 Å². The van der Waals surface area contributed by atoms with E-state index in [1.807, 2.05) is 32.0 Å². The first-order valence-corrected chi connectivity index (χ1v) is 10.8. The highest BCUT2D eigenvalue weighted by molar-refractivity contribution is 5.76. The fourth-order valence-electron chi connectivity index (χ4n) is 4.42. The number of aromatic nitrogens is 4. The summed E-state index contributed by atoms with van der Waals surface area (Å²) >= 11 is 0. The van der Waals surface area contributed by atoms with Gasteiger partial charge in [-0.25, -0.2) is 4.98 Å². The van der Waals surface area contributed by atoms with Crippen molar-refractivity contribution in [3.8, 4) is 0 Å². The van der Waals surface area contributed by atoms with Crippen LogP contribution in [-0.4, -0.2) is 37.6 Å². The number of fused-ring (bicyclic) bond motifs is 3. The zero-order valence-corrected chi connectivity index (χ0v) is 18.0. The van der Waals surface area contributed by atoms with Gasteiger partial charge < -0.3 is 9.30 Å². The topological polar surface area (TPSA) is 56.1 Å². The largest absolute Gasteiger partial charge is 0.371 e. The van der Waals surface area contributed by atoms with Gasteiger partial charge in [-0.05, 0) is 50.2 Å². The highest BCUT2D eigenvalue weighted by Crippen LogP contribution is 2.27.